The lowest BCUT2D eigenvalue weighted by atomic mass is 10.1. The van der Waals surface area contributed by atoms with Gasteiger partial charge in [0.15, 0.2) is 5.03 Å². The number of nitrogen functional groups attached to an aromatic ring is 1. The number of hydrogen-bond acceptors (Lipinski definition) is 9. The molecule has 0 fully saturated rings. The van der Waals surface area contributed by atoms with Crippen molar-refractivity contribution >= 4 is 21.7 Å². The van der Waals surface area contributed by atoms with Gasteiger partial charge in [-0.3, -0.25) is 4.79 Å². The normalized spacial score (nSPS) is 12.0. The molecule has 4 N–H and O–H groups in total. The molecule has 1 amide bonds. The Balaban J connectivity index is 1.75. The lowest BCUT2D eigenvalue weighted by Gasteiger charge is -2.16. The van der Waals surface area contributed by atoms with Crippen LogP contribution in [0.2, 0.25) is 0 Å². The van der Waals surface area contributed by atoms with E-state index in [1.54, 1.807) is 13.0 Å². The number of anilines is 1. The topological polar surface area (TPSA) is 154 Å². The zero-order valence-corrected chi connectivity index (χ0v) is 23.4. The molecule has 0 aliphatic rings. The van der Waals surface area contributed by atoms with Gasteiger partial charge in [0.1, 0.15) is 28.7 Å². The summed E-state index contributed by atoms with van der Waals surface area (Å²) in [6.07, 6.45) is 0. The molecule has 2 aromatic carbocycles. The third kappa shape index (κ3) is 7.16. The first kappa shape index (κ1) is 29.4. The molecule has 0 aliphatic carbocycles. The van der Waals surface area contributed by atoms with Crippen molar-refractivity contribution in [2.75, 3.05) is 18.9 Å². The minimum Gasteiger partial charge on any atom is -0.493 e. The van der Waals surface area contributed by atoms with Crippen LogP contribution < -0.4 is 19.9 Å². The molecule has 41 heavy (non-hydrogen) atoms. The fourth-order valence-electron chi connectivity index (χ4n) is 3.80. The summed E-state index contributed by atoms with van der Waals surface area (Å²) >= 11 is 0. The van der Waals surface area contributed by atoms with E-state index in [-0.39, 0.29) is 47.8 Å². The summed E-state index contributed by atoms with van der Waals surface area (Å²) in [6.45, 7) is 5.49. The second-order valence-corrected chi connectivity index (χ2v) is 11.1. The summed E-state index contributed by atoms with van der Waals surface area (Å²) in [5.74, 6) is -1.35. The lowest BCUT2D eigenvalue weighted by Crippen LogP contribution is -2.31. The minimum absolute atomic E-state index is 0.0327. The maximum absolute atomic E-state index is 14.5. The Hall–Kier alpha value is -4.55. The number of carbonyl (C=O) groups is 1. The molecule has 1 unspecified atom stereocenters. The number of amides is 1. The number of aliphatic hydroxyl groups is 1. The van der Waals surface area contributed by atoms with Gasteiger partial charge in [-0.1, -0.05) is 31.2 Å². The second kappa shape index (κ2) is 12.3. The SMILES string of the molecule is Cc1cccc(C)c1Oc1nc(-c2cc(F)cc(OCC(C)CO)c2)ccc1C(=O)NS(=O)(=O)c1cccc(N)n1. The number of rotatable bonds is 10. The molecule has 0 bridgehead atoms. The summed E-state index contributed by atoms with van der Waals surface area (Å²) in [5, 5.41) is 8.82. The Bertz CT molecular complexity index is 1680. The molecule has 4 aromatic rings. The van der Waals surface area contributed by atoms with Gasteiger partial charge >= 0.3 is 0 Å². The van der Waals surface area contributed by atoms with Crippen molar-refractivity contribution < 1.29 is 32.2 Å². The Morgan fingerprint density at radius 1 is 1.05 bits per heavy atom. The van der Waals surface area contributed by atoms with Crippen LogP contribution in [0.4, 0.5) is 10.2 Å². The molecule has 214 valence electrons. The zero-order chi connectivity index (χ0) is 29.7. The fraction of sp³-hybridized carbons (Fsp3) is 0.207. The zero-order valence-electron chi connectivity index (χ0n) is 22.6. The smallest absolute Gasteiger partial charge is 0.281 e. The highest BCUT2D eigenvalue weighted by Crippen LogP contribution is 2.33. The summed E-state index contributed by atoms with van der Waals surface area (Å²) < 4.78 is 53.9. The van der Waals surface area contributed by atoms with Crippen molar-refractivity contribution in [3.63, 3.8) is 0 Å². The highest BCUT2D eigenvalue weighted by Gasteiger charge is 2.25. The number of ether oxygens (including phenoxy) is 2. The Kier molecular flexibility index (Phi) is 8.84. The van der Waals surface area contributed by atoms with E-state index in [0.717, 1.165) is 11.1 Å². The number of para-hydroxylation sites is 1. The largest absolute Gasteiger partial charge is 0.493 e. The van der Waals surface area contributed by atoms with Crippen LogP contribution in [0.1, 0.15) is 28.4 Å². The monoisotopic (exact) mass is 580 g/mol. The molecule has 4 rings (SSSR count). The average molecular weight is 581 g/mol. The average Bonchev–Trinajstić information content (AvgIpc) is 2.93. The molecule has 0 saturated carbocycles. The number of aromatic nitrogens is 2. The molecule has 12 heteroatoms. The molecule has 0 spiro atoms. The van der Waals surface area contributed by atoms with Crippen LogP contribution in [0.15, 0.2) is 71.8 Å². The van der Waals surface area contributed by atoms with Gasteiger partial charge < -0.3 is 20.3 Å². The number of aliphatic hydroxyl groups excluding tert-OH is 1. The van der Waals surface area contributed by atoms with E-state index < -0.39 is 26.8 Å². The molecule has 1 atom stereocenters. The summed E-state index contributed by atoms with van der Waals surface area (Å²) in [5.41, 5.74) is 7.48. The number of aryl methyl sites for hydroxylation is 2. The van der Waals surface area contributed by atoms with Gasteiger partial charge in [0.05, 0.1) is 12.3 Å². The Morgan fingerprint density at radius 3 is 2.44 bits per heavy atom. The van der Waals surface area contributed by atoms with Crippen molar-refractivity contribution in [2.45, 2.75) is 25.8 Å². The van der Waals surface area contributed by atoms with Crippen molar-refractivity contribution in [2.24, 2.45) is 5.92 Å². The first-order valence-electron chi connectivity index (χ1n) is 12.6. The van der Waals surface area contributed by atoms with Crippen LogP contribution in [-0.4, -0.2) is 42.6 Å². The van der Waals surface area contributed by atoms with Crippen LogP contribution in [0.3, 0.4) is 0 Å². The van der Waals surface area contributed by atoms with E-state index in [9.17, 15) is 22.7 Å². The highest BCUT2D eigenvalue weighted by molar-refractivity contribution is 7.90. The van der Waals surface area contributed by atoms with Crippen LogP contribution in [-0.2, 0) is 10.0 Å². The fourth-order valence-corrected chi connectivity index (χ4v) is 4.75. The highest BCUT2D eigenvalue weighted by atomic mass is 32.2. The molecule has 0 saturated heterocycles. The quantitative estimate of drug-likeness (QED) is 0.248. The van der Waals surface area contributed by atoms with Crippen LogP contribution in [0.5, 0.6) is 17.4 Å². The molecule has 10 nitrogen and oxygen atoms in total. The third-order valence-electron chi connectivity index (χ3n) is 5.97. The number of nitrogens with one attached hydrogen (secondary N) is 1. The number of pyridine rings is 2. The molecule has 0 radical (unpaired) electrons. The molecule has 2 heterocycles. The Labute approximate surface area is 237 Å². The number of sulfonamides is 1. The van der Waals surface area contributed by atoms with Gasteiger partial charge in [0.25, 0.3) is 15.9 Å². The number of nitrogens with zero attached hydrogens (tertiary/aromatic N) is 2. The Morgan fingerprint density at radius 2 is 1.76 bits per heavy atom. The van der Waals surface area contributed by atoms with Crippen LogP contribution >= 0.6 is 0 Å². The molecule has 0 aliphatic heterocycles. The lowest BCUT2D eigenvalue weighted by molar-refractivity contribution is 0.0978. The predicted molar refractivity (Wildman–Crippen MR) is 151 cm³/mol. The van der Waals surface area contributed by atoms with E-state index >= 15 is 0 Å². The molecular weight excluding hydrogens is 551 g/mol. The van der Waals surface area contributed by atoms with Gasteiger partial charge in [0, 0.05) is 24.2 Å². The van der Waals surface area contributed by atoms with Gasteiger partial charge in [0.2, 0.25) is 5.88 Å². The van der Waals surface area contributed by atoms with Gasteiger partial charge in [-0.2, -0.15) is 8.42 Å². The first-order chi connectivity index (χ1) is 19.5. The van der Waals surface area contributed by atoms with Crippen LogP contribution in [0, 0.1) is 25.6 Å². The van der Waals surface area contributed by atoms with E-state index in [2.05, 4.69) is 9.97 Å². The van der Waals surface area contributed by atoms with E-state index in [1.807, 2.05) is 36.8 Å². The van der Waals surface area contributed by atoms with Gasteiger partial charge in [-0.05, 0) is 61.4 Å². The maximum Gasteiger partial charge on any atom is 0.281 e. The third-order valence-corrected chi connectivity index (χ3v) is 7.21. The predicted octanol–water partition coefficient (Wildman–Crippen LogP) is 4.40. The molecule has 2 aromatic heterocycles. The second-order valence-electron chi connectivity index (χ2n) is 9.48. The molecular formula is C29H29FN4O6S. The number of halogens is 1. The van der Waals surface area contributed by atoms with Crippen LogP contribution in [0.25, 0.3) is 11.3 Å². The van der Waals surface area contributed by atoms with Crippen molar-refractivity contribution in [3.05, 3.63) is 89.2 Å². The van der Waals surface area contributed by atoms with Crippen molar-refractivity contribution in [1.29, 1.82) is 0 Å². The standard InChI is InChI=1S/C29H29FN4O6S/c1-17(15-35)16-39-22-13-20(12-21(30)14-22)24-11-10-23(29(32-24)40-27-18(2)6-4-7-19(27)3)28(36)34-41(37,38)26-9-5-8-25(31)33-26/h4-14,17,35H,15-16H2,1-3H3,(H2,31,33)(H,34,36). The number of nitrogens with two attached hydrogens (primary N) is 1. The van der Waals surface area contributed by atoms with Crippen molar-refractivity contribution in [1.82, 2.24) is 14.7 Å². The number of carbonyl (C=O) groups excluding carboxylic acids is 1. The van der Waals surface area contributed by atoms with E-state index in [0.29, 0.717) is 11.3 Å². The van der Waals surface area contributed by atoms with E-state index in [4.69, 9.17) is 15.2 Å². The summed E-state index contributed by atoms with van der Waals surface area (Å²) in [4.78, 5) is 21.5. The summed E-state index contributed by atoms with van der Waals surface area (Å²) in [7, 11) is -4.38. The van der Waals surface area contributed by atoms with E-state index in [1.165, 1.54) is 42.5 Å². The summed E-state index contributed by atoms with van der Waals surface area (Å²) in [6, 6.07) is 16.3. The van der Waals surface area contributed by atoms with Crippen molar-refractivity contribution in [3.8, 4) is 28.6 Å². The number of benzene rings is 2. The maximum atomic E-state index is 14.5. The van der Waals surface area contributed by atoms with Gasteiger partial charge in [-0.15, -0.1) is 0 Å². The minimum atomic E-state index is -4.38. The number of hydrogen-bond donors (Lipinski definition) is 3. The van der Waals surface area contributed by atoms with Gasteiger partial charge in [-0.25, -0.2) is 19.1 Å². The first-order valence-corrected chi connectivity index (χ1v) is 14.0.